The van der Waals surface area contributed by atoms with Crippen LogP contribution >= 0.6 is 0 Å². The van der Waals surface area contributed by atoms with Crippen molar-refractivity contribution in [1.29, 1.82) is 0 Å². The molecule has 0 fully saturated rings. The minimum Gasteiger partial charge on any atom is -0.497 e. The number of hydrogen-bond acceptors (Lipinski definition) is 4. The van der Waals surface area contributed by atoms with Crippen LogP contribution in [0.2, 0.25) is 0 Å². The van der Waals surface area contributed by atoms with Crippen LogP contribution in [0.15, 0.2) is 29.2 Å². The second-order valence-electron chi connectivity index (χ2n) is 3.42. The van der Waals surface area contributed by atoms with E-state index in [1.54, 1.807) is 0 Å². The highest BCUT2D eigenvalue weighted by Gasteiger charge is 2.20. The number of hydrogen-bond donors (Lipinski definition) is 2. The lowest BCUT2D eigenvalue weighted by Crippen LogP contribution is -2.42. The van der Waals surface area contributed by atoms with E-state index in [1.165, 1.54) is 38.3 Å². The summed E-state index contributed by atoms with van der Waals surface area (Å²) in [5.41, 5.74) is 4.98. The van der Waals surface area contributed by atoms with Crippen molar-refractivity contribution in [2.45, 2.75) is 17.9 Å². The normalized spacial score (nSPS) is 13.1. The molecular formula is C10H14N2O4S. The van der Waals surface area contributed by atoms with E-state index >= 15 is 0 Å². The molecule has 0 heterocycles. The van der Waals surface area contributed by atoms with Crippen molar-refractivity contribution in [3.05, 3.63) is 24.3 Å². The molecule has 0 aliphatic rings. The molecule has 1 amide bonds. The number of sulfonamides is 1. The average Bonchev–Trinajstić information content (AvgIpc) is 2.28. The molecule has 17 heavy (non-hydrogen) atoms. The van der Waals surface area contributed by atoms with Gasteiger partial charge in [0.1, 0.15) is 5.75 Å². The average molecular weight is 258 g/mol. The highest BCUT2D eigenvalue weighted by Crippen LogP contribution is 2.15. The quantitative estimate of drug-likeness (QED) is 0.767. The van der Waals surface area contributed by atoms with E-state index in [4.69, 9.17) is 10.5 Å². The molecule has 0 aromatic heterocycles. The first-order chi connectivity index (χ1) is 7.86. The fourth-order valence-corrected chi connectivity index (χ4v) is 2.33. The first-order valence-corrected chi connectivity index (χ1v) is 6.31. The van der Waals surface area contributed by atoms with E-state index in [0.29, 0.717) is 5.75 Å². The molecule has 1 aromatic carbocycles. The molecule has 0 spiro atoms. The minimum atomic E-state index is -3.74. The molecule has 0 aliphatic carbocycles. The van der Waals surface area contributed by atoms with Crippen LogP contribution in [0.3, 0.4) is 0 Å². The molecule has 1 aromatic rings. The van der Waals surface area contributed by atoms with Gasteiger partial charge in [-0.15, -0.1) is 0 Å². The van der Waals surface area contributed by atoms with Gasteiger partial charge in [0, 0.05) is 0 Å². The van der Waals surface area contributed by atoms with Gasteiger partial charge in [-0.2, -0.15) is 4.72 Å². The van der Waals surface area contributed by atoms with Gasteiger partial charge < -0.3 is 10.5 Å². The van der Waals surface area contributed by atoms with Gasteiger partial charge in [-0.3, -0.25) is 4.79 Å². The molecule has 7 heteroatoms. The SMILES string of the molecule is COc1ccc(S(=O)(=O)N[C@@H](C)C(N)=O)cc1. The van der Waals surface area contributed by atoms with E-state index in [-0.39, 0.29) is 4.90 Å². The highest BCUT2D eigenvalue weighted by atomic mass is 32.2. The second kappa shape index (κ2) is 5.15. The number of rotatable bonds is 5. The summed E-state index contributed by atoms with van der Waals surface area (Å²) in [6.07, 6.45) is 0. The summed E-state index contributed by atoms with van der Waals surface area (Å²) >= 11 is 0. The Kier molecular flexibility index (Phi) is 4.08. The maximum Gasteiger partial charge on any atom is 0.241 e. The molecule has 0 saturated carbocycles. The van der Waals surface area contributed by atoms with Crippen molar-refractivity contribution in [3.63, 3.8) is 0 Å². The van der Waals surface area contributed by atoms with E-state index in [2.05, 4.69) is 4.72 Å². The van der Waals surface area contributed by atoms with Gasteiger partial charge in [0.05, 0.1) is 18.0 Å². The third-order valence-electron chi connectivity index (χ3n) is 2.13. The Balaban J connectivity index is 2.93. The van der Waals surface area contributed by atoms with Gasteiger partial charge in [0.25, 0.3) is 0 Å². The summed E-state index contributed by atoms with van der Waals surface area (Å²) in [4.78, 5) is 10.8. The highest BCUT2D eigenvalue weighted by molar-refractivity contribution is 7.89. The maximum atomic E-state index is 11.8. The number of ether oxygens (including phenoxy) is 1. The molecule has 0 bridgehead atoms. The third kappa shape index (κ3) is 3.43. The Labute approximate surface area is 99.8 Å². The van der Waals surface area contributed by atoms with Crippen LogP contribution in [-0.4, -0.2) is 27.5 Å². The van der Waals surface area contributed by atoms with Crippen molar-refractivity contribution >= 4 is 15.9 Å². The van der Waals surface area contributed by atoms with Gasteiger partial charge in [-0.05, 0) is 31.2 Å². The van der Waals surface area contributed by atoms with Crippen molar-refractivity contribution < 1.29 is 17.9 Å². The van der Waals surface area contributed by atoms with Crippen LogP contribution in [0.1, 0.15) is 6.92 Å². The van der Waals surface area contributed by atoms with E-state index in [1.807, 2.05) is 0 Å². The zero-order chi connectivity index (χ0) is 13.1. The second-order valence-corrected chi connectivity index (χ2v) is 5.13. The topological polar surface area (TPSA) is 98.5 Å². The Hall–Kier alpha value is -1.60. The zero-order valence-corrected chi connectivity index (χ0v) is 10.3. The lowest BCUT2D eigenvalue weighted by Gasteiger charge is -2.11. The van der Waals surface area contributed by atoms with Crippen LogP contribution in [0.4, 0.5) is 0 Å². The maximum absolute atomic E-state index is 11.8. The standard InChI is InChI=1S/C10H14N2O4S/c1-7(10(11)13)12-17(14,15)9-5-3-8(16-2)4-6-9/h3-7,12H,1-2H3,(H2,11,13)/t7-/m0/s1. The molecule has 1 atom stereocenters. The Morgan fingerprint density at radius 2 is 1.88 bits per heavy atom. The van der Waals surface area contributed by atoms with Crippen LogP contribution < -0.4 is 15.2 Å². The van der Waals surface area contributed by atoms with Crippen LogP contribution in [0, 0.1) is 0 Å². The molecule has 0 aliphatic heterocycles. The fourth-order valence-electron chi connectivity index (χ4n) is 1.11. The Morgan fingerprint density at radius 3 is 2.29 bits per heavy atom. The first kappa shape index (κ1) is 13.5. The van der Waals surface area contributed by atoms with Crippen LogP contribution in [0.25, 0.3) is 0 Å². The largest absolute Gasteiger partial charge is 0.497 e. The molecule has 0 saturated heterocycles. The minimum absolute atomic E-state index is 0.0476. The Bertz CT molecular complexity index is 496. The van der Waals surface area contributed by atoms with Gasteiger partial charge >= 0.3 is 0 Å². The van der Waals surface area contributed by atoms with Crippen molar-refractivity contribution in [3.8, 4) is 5.75 Å². The van der Waals surface area contributed by atoms with Gasteiger partial charge in [0.2, 0.25) is 15.9 Å². The number of benzene rings is 1. The fraction of sp³-hybridized carbons (Fsp3) is 0.300. The summed E-state index contributed by atoms with van der Waals surface area (Å²) < 4.78 is 30.7. The predicted octanol–water partition coefficient (Wildman–Crippen LogP) is -0.153. The molecule has 6 nitrogen and oxygen atoms in total. The molecule has 0 radical (unpaired) electrons. The molecule has 0 unspecified atom stereocenters. The van der Waals surface area contributed by atoms with E-state index in [9.17, 15) is 13.2 Å². The number of nitrogens with two attached hydrogens (primary N) is 1. The lowest BCUT2D eigenvalue weighted by atomic mass is 10.3. The first-order valence-electron chi connectivity index (χ1n) is 4.82. The summed E-state index contributed by atoms with van der Waals surface area (Å²) in [5, 5.41) is 0. The summed E-state index contributed by atoms with van der Waals surface area (Å²) in [7, 11) is -2.25. The summed E-state index contributed by atoms with van der Waals surface area (Å²) in [6, 6.07) is 4.85. The predicted molar refractivity (Wildman–Crippen MR) is 62.0 cm³/mol. The number of carbonyl (C=O) groups is 1. The van der Waals surface area contributed by atoms with Crippen molar-refractivity contribution in [2.24, 2.45) is 5.73 Å². The zero-order valence-electron chi connectivity index (χ0n) is 9.51. The number of amides is 1. The molecular weight excluding hydrogens is 244 g/mol. The summed E-state index contributed by atoms with van der Waals surface area (Å²) in [6.45, 7) is 1.38. The van der Waals surface area contributed by atoms with Crippen molar-refractivity contribution in [1.82, 2.24) is 4.72 Å². The number of nitrogens with one attached hydrogen (secondary N) is 1. The van der Waals surface area contributed by atoms with Gasteiger partial charge in [-0.1, -0.05) is 0 Å². The molecule has 3 N–H and O–H groups in total. The van der Waals surface area contributed by atoms with Crippen LogP contribution in [0.5, 0.6) is 5.75 Å². The summed E-state index contributed by atoms with van der Waals surface area (Å²) in [5.74, 6) is -0.186. The lowest BCUT2D eigenvalue weighted by molar-refractivity contribution is -0.119. The number of carbonyl (C=O) groups excluding carboxylic acids is 1. The Morgan fingerprint density at radius 1 is 1.35 bits per heavy atom. The van der Waals surface area contributed by atoms with Gasteiger partial charge in [-0.25, -0.2) is 8.42 Å². The smallest absolute Gasteiger partial charge is 0.241 e. The number of primary amides is 1. The van der Waals surface area contributed by atoms with Crippen molar-refractivity contribution in [2.75, 3.05) is 7.11 Å². The van der Waals surface area contributed by atoms with E-state index < -0.39 is 22.0 Å². The van der Waals surface area contributed by atoms with E-state index in [0.717, 1.165) is 0 Å². The molecule has 94 valence electrons. The molecule has 1 rings (SSSR count). The van der Waals surface area contributed by atoms with Crippen LogP contribution in [-0.2, 0) is 14.8 Å². The van der Waals surface area contributed by atoms with Gasteiger partial charge in [0.15, 0.2) is 0 Å². The number of methoxy groups -OCH3 is 1. The monoisotopic (exact) mass is 258 g/mol. The third-order valence-corrected chi connectivity index (χ3v) is 3.69.